The van der Waals surface area contributed by atoms with Crippen molar-refractivity contribution >= 4 is 21.6 Å². The number of benzene rings is 1. The van der Waals surface area contributed by atoms with Crippen LogP contribution in [-0.4, -0.2) is 19.6 Å². The number of rotatable bonds is 5. The first-order valence-electron chi connectivity index (χ1n) is 6.08. The summed E-state index contributed by atoms with van der Waals surface area (Å²) in [5, 5.41) is 8.92. The van der Waals surface area contributed by atoms with E-state index in [1.165, 1.54) is 0 Å². The molecule has 0 saturated heterocycles. The van der Waals surface area contributed by atoms with Gasteiger partial charge in [-0.15, -0.1) is 0 Å². The fraction of sp³-hybridized carbons (Fsp3) is 0.500. The summed E-state index contributed by atoms with van der Waals surface area (Å²) in [6.45, 7) is 8.92. The highest BCUT2D eigenvalue weighted by molar-refractivity contribution is 9.10. The zero-order chi connectivity index (χ0) is 13.8. The van der Waals surface area contributed by atoms with Crippen LogP contribution in [0.25, 0.3) is 0 Å². The van der Waals surface area contributed by atoms with Gasteiger partial charge in [0.15, 0.2) is 0 Å². The van der Waals surface area contributed by atoms with Crippen LogP contribution >= 0.6 is 15.9 Å². The fourth-order valence-electron chi connectivity index (χ4n) is 1.76. The summed E-state index contributed by atoms with van der Waals surface area (Å²) in [6, 6.07) is 7.98. The van der Waals surface area contributed by atoms with Crippen LogP contribution in [0.5, 0.6) is 0 Å². The van der Waals surface area contributed by atoms with Gasteiger partial charge in [-0.3, -0.25) is 0 Å². The van der Waals surface area contributed by atoms with Gasteiger partial charge in [0.25, 0.3) is 0 Å². The maximum absolute atomic E-state index is 8.92. The third-order valence-electron chi connectivity index (χ3n) is 2.99. The standard InChI is InChI=1S/C14H20BrN3/c1-4-18(10-14(2,3)9-17)12-6-5-11(8-16)13(15)7-12/h5-7H,4,9-10,17H2,1-3H3. The largest absolute Gasteiger partial charge is 0.371 e. The van der Waals surface area contributed by atoms with Crippen molar-refractivity contribution in [2.45, 2.75) is 20.8 Å². The van der Waals surface area contributed by atoms with E-state index < -0.39 is 0 Å². The quantitative estimate of drug-likeness (QED) is 0.909. The molecule has 1 rings (SSSR count). The van der Waals surface area contributed by atoms with Crippen molar-refractivity contribution < 1.29 is 0 Å². The van der Waals surface area contributed by atoms with Gasteiger partial charge in [-0.2, -0.15) is 5.26 Å². The van der Waals surface area contributed by atoms with E-state index in [0.717, 1.165) is 23.2 Å². The Morgan fingerprint density at radius 2 is 2.11 bits per heavy atom. The Balaban J connectivity index is 2.96. The van der Waals surface area contributed by atoms with Crippen molar-refractivity contribution in [1.82, 2.24) is 0 Å². The van der Waals surface area contributed by atoms with Gasteiger partial charge in [-0.05, 0) is 53.0 Å². The number of nitrogens with two attached hydrogens (primary N) is 1. The Kier molecular flexibility index (Phi) is 5.18. The minimum absolute atomic E-state index is 0.0797. The maximum atomic E-state index is 8.92. The lowest BCUT2D eigenvalue weighted by Gasteiger charge is -2.32. The smallest absolute Gasteiger partial charge is 0.100 e. The summed E-state index contributed by atoms with van der Waals surface area (Å²) in [7, 11) is 0. The first kappa shape index (κ1) is 15.0. The Bertz CT molecular complexity index is 449. The molecular weight excluding hydrogens is 290 g/mol. The van der Waals surface area contributed by atoms with Crippen LogP contribution in [0.3, 0.4) is 0 Å². The lowest BCUT2D eigenvalue weighted by atomic mass is 9.93. The Hall–Kier alpha value is -1.05. The van der Waals surface area contributed by atoms with E-state index >= 15 is 0 Å². The van der Waals surface area contributed by atoms with Crippen LogP contribution in [0.2, 0.25) is 0 Å². The van der Waals surface area contributed by atoms with Crippen LogP contribution in [-0.2, 0) is 0 Å². The Labute approximate surface area is 118 Å². The summed E-state index contributed by atoms with van der Waals surface area (Å²) in [4.78, 5) is 2.28. The summed E-state index contributed by atoms with van der Waals surface area (Å²) >= 11 is 3.43. The molecule has 0 unspecified atom stereocenters. The molecule has 3 nitrogen and oxygen atoms in total. The van der Waals surface area contributed by atoms with E-state index in [4.69, 9.17) is 11.0 Å². The molecule has 1 aromatic rings. The van der Waals surface area contributed by atoms with E-state index in [1.54, 1.807) is 0 Å². The highest BCUT2D eigenvalue weighted by Gasteiger charge is 2.20. The van der Waals surface area contributed by atoms with Crippen LogP contribution in [0.15, 0.2) is 22.7 Å². The molecule has 4 heteroatoms. The van der Waals surface area contributed by atoms with Gasteiger partial charge in [0, 0.05) is 23.2 Å². The monoisotopic (exact) mass is 309 g/mol. The van der Waals surface area contributed by atoms with Gasteiger partial charge in [0.2, 0.25) is 0 Å². The molecule has 0 aromatic heterocycles. The van der Waals surface area contributed by atoms with E-state index in [2.05, 4.69) is 47.7 Å². The number of nitriles is 1. The van der Waals surface area contributed by atoms with Crippen molar-refractivity contribution in [2.75, 3.05) is 24.5 Å². The number of hydrogen-bond donors (Lipinski definition) is 1. The molecule has 0 aliphatic rings. The fourth-order valence-corrected chi connectivity index (χ4v) is 2.21. The second kappa shape index (κ2) is 6.21. The first-order chi connectivity index (χ1) is 8.43. The molecule has 0 fully saturated rings. The topological polar surface area (TPSA) is 53.0 Å². The molecule has 2 N–H and O–H groups in total. The summed E-state index contributed by atoms with van der Waals surface area (Å²) in [5.74, 6) is 0. The van der Waals surface area contributed by atoms with Gasteiger partial charge in [-0.25, -0.2) is 0 Å². The minimum atomic E-state index is 0.0797. The third kappa shape index (κ3) is 3.72. The summed E-state index contributed by atoms with van der Waals surface area (Å²) < 4.78 is 0.839. The molecule has 18 heavy (non-hydrogen) atoms. The van der Waals surface area contributed by atoms with E-state index in [1.807, 2.05) is 18.2 Å². The normalized spacial score (nSPS) is 11.1. The van der Waals surface area contributed by atoms with E-state index in [9.17, 15) is 0 Å². The molecule has 0 amide bonds. The van der Waals surface area contributed by atoms with Crippen molar-refractivity contribution in [2.24, 2.45) is 11.1 Å². The number of anilines is 1. The number of hydrogen-bond acceptors (Lipinski definition) is 3. The summed E-state index contributed by atoms with van der Waals surface area (Å²) in [5.41, 5.74) is 7.64. The van der Waals surface area contributed by atoms with Crippen LogP contribution in [0, 0.1) is 16.7 Å². The molecule has 0 heterocycles. The van der Waals surface area contributed by atoms with Gasteiger partial charge in [0.1, 0.15) is 6.07 Å². The average molecular weight is 310 g/mol. The molecule has 0 aliphatic heterocycles. The lowest BCUT2D eigenvalue weighted by molar-refractivity contribution is 0.380. The zero-order valence-electron chi connectivity index (χ0n) is 11.2. The predicted octanol–water partition coefficient (Wildman–Crippen LogP) is 3.13. The zero-order valence-corrected chi connectivity index (χ0v) is 12.8. The highest BCUT2D eigenvalue weighted by atomic mass is 79.9. The number of nitrogens with zero attached hydrogens (tertiary/aromatic N) is 2. The molecule has 0 bridgehead atoms. The average Bonchev–Trinajstić information content (AvgIpc) is 2.36. The van der Waals surface area contributed by atoms with Crippen LogP contribution in [0.1, 0.15) is 26.3 Å². The predicted molar refractivity (Wildman–Crippen MR) is 79.6 cm³/mol. The van der Waals surface area contributed by atoms with E-state index in [0.29, 0.717) is 12.1 Å². The van der Waals surface area contributed by atoms with Crippen LogP contribution in [0.4, 0.5) is 5.69 Å². The second-order valence-corrected chi connectivity index (χ2v) is 6.01. The van der Waals surface area contributed by atoms with Crippen molar-refractivity contribution in [3.63, 3.8) is 0 Å². The molecule has 0 aliphatic carbocycles. The minimum Gasteiger partial charge on any atom is -0.371 e. The van der Waals surface area contributed by atoms with Gasteiger partial charge < -0.3 is 10.6 Å². The highest BCUT2D eigenvalue weighted by Crippen LogP contribution is 2.26. The molecule has 0 saturated carbocycles. The van der Waals surface area contributed by atoms with Crippen molar-refractivity contribution in [3.05, 3.63) is 28.2 Å². The van der Waals surface area contributed by atoms with Crippen molar-refractivity contribution in [1.29, 1.82) is 5.26 Å². The molecule has 1 aromatic carbocycles. The molecule has 0 spiro atoms. The lowest BCUT2D eigenvalue weighted by Crippen LogP contribution is -2.38. The Morgan fingerprint density at radius 3 is 2.56 bits per heavy atom. The maximum Gasteiger partial charge on any atom is 0.100 e. The van der Waals surface area contributed by atoms with Crippen LogP contribution < -0.4 is 10.6 Å². The Morgan fingerprint density at radius 1 is 1.44 bits per heavy atom. The van der Waals surface area contributed by atoms with Crippen molar-refractivity contribution in [3.8, 4) is 6.07 Å². The third-order valence-corrected chi connectivity index (χ3v) is 3.65. The second-order valence-electron chi connectivity index (χ2n) is 5.16. The number of halogens is 1. The molecule has 98 valence electrons. The molecule has 0 atom stereocenters. The molecule has 0 radical (unpaired) electrons. The first-order valence-corrected chi connectivity index (χ1v) is 6.87. The van der Waals surface area contributed by atoms with E-state index in [-0.39, 0.29) is 5.41 Å². The SMILES string of the molecule is CCN(CC(C)(C)CN)c1ccc(C#N)c(Br)c1. The summed E-state index contributed by atoms with van der Waals surface area (Å²) in [6.07, 6.45) is 0. The van der Waals surface area contributed by atoms with Gasteiger partial charge in [-0.1, -0.05) is 13.8 Å². The van der Waals surface area contributed by atoms with Gasteiger partial charge >= 0.3 is 0 Å². The van der Waals surface area contributed by atoms with Gasteiger partial charge in [0.05, 0.1) is 5.56 Å². The molecular formula is C14H20BrN3.